The zero-order valence-corrected chi connectivity index (χ0v) is 15.4. The average molecular weight is 366 g/mol. The van der Waals surface area contributed by atoms with Gasteiger partial charge in [0, 0.05) is 30.8 Å². The smallest absolute Gasteiger partial charge is 0.227 e. The van der Waals surface area contributed by atoms with Crippen molar-refractivity contribution in [3.63, 3.8) is 0 Å². The molecule has 3 rings (SSSR count). The molecule has 7 nitrogen and oxygen atoms in total. The fourth-order valence-electron chi connectivity index (χ4n) is 2.72. The number of carbonyl (C=O) groups excluding carboxylic acids is 1. The molecular weight excluding hydrogens is 344 g/mol. The van der Waals surface area contributed by atoms with Gasteiger partial charge in [-0.25, -0.2) is 0 Å². The first-order valence-electron chi connectivity index (χ1n) is 8.86. The van der Waals surface area contributed by atoms with E-state index in [0.29, 0.717) is 18.1 Å². The van der Waals surface area contributed by atoms with E-state index >= 15 is 0 Å². The van der Waals surface area contributed by atoms with E-state index in [4.69, 9.17) is 9.26 Å². The minimum atomic E-state index is -0.0543. The van der Waals surface area contributed by atoms with E-state index in [1.165, 1.54) is 0 Å². The number of hydrogen-bond donors (Lipinski definition) is 1. The number of benzene rings is 1. The van der Waals surface area contributed by atoms with Gasteiger partial charge in [-0.2, -0.15) is 4.98 Å². The van der Waals surface area contributed by atoms with Gasteiger partial charge in [0.25, 0.3) is 0 Å². The van der Waals surface area contributed by atoms with Crippen LogP contribution in [-0.4, -0.2) is 28.1 Å². The Kier molecular flexibility index (Phi) is 6.14. The topological polar surface area (TPSA) is 90.1 Å². The molecule has 27 heavy (non-hydrogen) atoms. The molecule has 0 fully saturated rings. The van der Waals surface area contributed by atoms with Crippen molar-refractivity contribution in [2.75, 3.05) is 7.11 Å². The Hall–Kier alpha value is -3.22. The molecule has 0 aliphatic heterocycles. The minimum absolute atomic E-state index is 0.0431. The lowest BCUT2D eigenvalue weighted by Gasteiger charge is -2.17. The van der Waals surface area contributed by atoms with E-state index in [-0.39, 0.29) is 18.4 Å². The fraction of sp³-hybridized carbons (Fsp3) is 0.300. The molecule has 0 saturated carbocycles. The van der Waals surface area contributed by atoms with Crippen LogP contribution >= 0.6 is 0 Å². The van der Waals surface area contributed by atoms with Gasteiger partial charge in [-0.15, -0.1) is 0 Å². The molecule has 1 aromatic carbocycles. The van der Waals surface area contributed by atoms with Crippen LogP contribution in [0, 0.1) is 0 Å². The second kappa shape index (κ2) is 8.93. The first-order chi connectivity index (χ1) is 13.2. The van der Waals surface area contributed by atoms with Gasteiger partial charge in [0.15, 0.2) is 0 Å². The van der Waals surface area contributed by atoms with E-state index in [9.17, 15) is 4.79 Å². The molecule has 1 atom stereocenters. The van der Waals surface area contributed by atoms with E-state index in [2.05, 4.69) is 20.4 Å². The van der Waals surface area contributed by atoms with Crippen molar-refractivity contribution >= 4 is 5.91 Å². The van der Waals surface area contributed by atoms with Crippen molar-refractivity contribution in [1.29, 1.82) is 0 Å². The maximum Gasteiger partial charge on any atom is 0.227 e. The number of amides is 1. The molecule has 0 aliphatic rings. The van der Waals surface area contributed by atoms with Crippen molar-refractivity contribution in [1.82, 2.24) is 20.4 Å². The summed E-state index contributed by atoms with van der Waals surface area (Å²) in [7, 11) is 1.63. The van der Waals surface area contributed by atoms with Crippen molar-refractivity contribution in [3.05, 3.63) is 60.2 Å². The van der Waals surface area contributed by atoms with Crippen LogP contribution in [0.15, 0.2) is 53.3 Å². The van der Waals surface area contributed by atoms with Crippen LogP contribution < -0.4 is 10.1 Å². The third-order valence-corrected chi connectivity index (χ3v) is 4.23. The van der Waals surface area contributed by atoms with Crippen LogP contribution in [0.2, 0.25) is 0 Å². The van der Waals surface area contributed by atoms with Gasteiger partial charge >= 0.3 is 0 Å². The Bertz CT molecular complexity index is 862. The lowest BCUT2D eigenvalue weighted by molar-refractivity contribution is -0.121. The molecule has 2 heterocycles. The second-order valence-corrected chi connectivity index (χ2v) is 6.05. The minimum Gasteiger partial charge on any atom is -0.497 e. The number of carbonyl (C=O) groups is 1. The highest BCUT2D eigenvalue weighted by Crippen LogP contribution is 2.20. The lowest BCUT2D eigenvalue weighted by Crippen LogP contribution is -2.28. The first kappa shape index (κ1) is 18.6. The summed E-state index contributed by atoms with van der Waals surface area (Å²) in [5.74, 6) is 1.68. The van der Waals surface area contributed by atoms with Crippen molar-refractivity contribution in [2.24, 2.45) is 0 Å². The summed E-state index contributed by atoms with van der Waals surface area (Å²) in [4.78, 5) is 20.6. The van der Waals surface area contributed by atoms with Gasteiger partial charge in [-0.1, -0.05) is 24.2 Å². The Balaban J connectivity index is 1.55. The predicted octanol–water partition coefficient (Wildman–Crippen LogP) is 3.34. The number of methoxy groups -OCH3 is 1. The van der Waals surface area contributed by atoms with Crippen molar-refractivity contribution in [2.45, 2.75) is 32.2 Å². The Morgan fingerprint density at radius 1 is 1.19 bits per heavy atom. The van der Waals surface area contributed by atoms with Gasteiger partial charge < -0.3 is 14.6 Å². The summed E-state index contributed by atoms with van der Waals surface area (Å²) in [6, 6.07) is 11.3. The maximum atomic E-state index is 12.3. The zero-order chi connectivity index (χ0) is 19.1. The summed E-state index contributed by atoms with van der Waals surface area (Å²) >= 11 is 0. The quantitative estimate of drug-likeness (QED) is 0.657. The van der Waals surface area contributed by atoms with Crippen LogP contribution in [-0.2, 0) is 11.2 Å². The van der Waals surface area contributed by atoms with Crippen LogP contribution in [0.5, 0.6) is 5.75 Å². The van der Waals surface area contributed by atoms with Crippen LogP contribution in [0.1, 0.15) is 37.3 Å². The molecule has 1 amide bonds. The summed E-state index contributed by atoms with van der Waals surface area (Å²) in [5, 5.41) is 7.00. The second-order valence-electron chi connectivity index (χ2n) is 6.05. The average Bonchev–Trinajstić information content (AvgIpc) is 3.20. The van der Waals surface area contributed by atoms with E-state index in [1.807, 2.05) is 43.3 Å². The van der Waals surface area contributed by atoms with Crippen molar-refractivity contribution < 1.29 is 14.1 Å². The monoisotopic (exact) mass is 366 g/mol. The van der Waals surface area contributed by atoms with Gasteiger partial charge in [-0.3, -0.25) is 9.78 Å². The molecule has 2 aromatic heterocycles. The Labute approximate surface area is 157 Å². The number of rotatable bonds is 8. The summed E-state index contributed by atoms with van der Waals surface area (Å²) in [6.07, 6.45) is 4.81. The number of aryl methyl sites for hydroxylation is 1. The molecule has 0 aliphatic carbocycles. The lowest BCUT2D eigenvalue weighted by atomic mass is 10.0. The summed E-state index contributed by atoms with van der Waals surface area (Å²) < 4.78 is 10.4. The van der Waals surface area contributed by atoms with E-state index in [0.717, 1.165) is 23.3 Å². The molecule has 140 valence electrons. The molecule has 0 spiro atoms. The molecule has 3 aromatic rings. The highest BCUT2D eigenvalue weighted by Gasteiger charge is 2.15. The summed E-state index contributed by atoms with van der Waals surface area (Å²) in [6.45, 7) is 2.04. The van der Waals surface area contributed by atoms with Gasteiger partial charge in [-0.05, 0) is 36.2 Å². The molecular formula is C20H22N4O3. The molecule has 0 bridgehead atoms. The SMILES string of the molecule is CCC(NC(=O)CCc1nc(-c2ccncc2)no1)c1ccc(OC)cc1. The first-order valence-corrected chi connectivity index (χ1v) is 8.86. The summed E-state index contributed by atoms with van der Waals surface area (Å²) in [5.41, 5.74) is 1.87. The van der Waals surface area contributed by atoms with Gasteiger partial charge in [0.05, 0.1) is 13.2 Å². The number of pyridine rings is 1. The predicted molar refractivity (Wildman–Crippen MR) is 100 cm³/mol. The Morgan fingerprint density at radius 2 is 1.93 bits per heavy atom. The number of nitrogens with zero attached hydrogens (tertiary/aromatic N) is 3. The largest absolute Gasteiger partial charge is 0.497 e. The maximum absolute atomic E-state index is 12.3. The number of nitrogens with one attached hydrogen (secondary N) is 1. The molecule has 7 heteroatoms. The Morgan fingerprint density at radius 3 is 2.59 bits per heavy atom. The number of ether oxygens (including phenoxy) is 1. The number of aromatic nitrogens is 3. The normalized spacial score (nSPS) is 11.8. The third kappa shape index (κ3) is 4.91. The molecule has 0 saturated heterocycles. The van der Waals surface area contributed by atoms with Crippen LogP contribution in [0.25, 0.3) is 11.4 Å². The van der Waals surface area contributed by atoms with E-state index < -0.39 is 0 Å². The van der Waals surface area contributed by atoms with Crippen LogP contribution in [0.4, 0.5) is 0 Å². The number of hydrogen-bond acceptors (Lipinski definition) is 6. The van der Waals surface area contributed by atoms with Crippen molar-refractivity contribution in [3.8, 4) is 17.1 Å². The van der Waals surface area contributed by atoms with Crippen LogP contribution in [0.3, 0.4) is 0 Å². The van der Waals surface area contributed by atoms with Gasteiger partial charge in [0.1, 0.15) is 5.75 Å². The standard InChI is InChI=1S/C20H22N4O3/c1-3-17(14-4-6-16(26-2)7-5-14)22-18(25)8-9-19-23-20(24-27-19)15-10-12-21-13-11-15/h4-7,10-13,17H,3,8-9H2,1-2H3,(H,22,25). The highest BCUT2D eigenvalue weighted by molar-refractivity contribution is 5.76. The fourth-order valence-corrected chi connectivity index (χ4v) is 2.72. The van der Waals surface area contributed by atoms with Gasteiger partial charge in [0.2, 0.25) is 17.6 Å². The zero-order valence-electron chi connectivity index (χ0n) is 15.4. The molecule has 1 N–H and O–H groups in total. The molecule has 0 radical (unpaired) electrons. The highest BCUT2D eigenvalue weighted by atomic mass is 16.5. The van der Waals surface area contributed by atoms with E-state index in [1.54, 1.807) is 19.5 Å². The third-order valence-electron chi connectivity index (χ3n) is 4.23. The molecule has 1 unspecified atom stereocenters.